The minimum absolute atomic E-state index is 0.145. The number of ether oxygens (including phenoxy) is 2. The van der Waals surface area contributed by atoms with Crippen LogP contribution in [-0.4, -0.2) is 30.5 Å². The SMILES string of the molecule is CCOC(=O)CC(Cl)C(=O)OCC. The van der Waals surface area contributed by atoms with Crippen LogP contribution in [0.2, 0.25) is 0 Å². The molecule has 0 heterocycles. The Balaban J connectivity index is 3.78. The van der Waals surface area contributed by atoms with Crippen LogP contribution in [0.15, 0.2) is 0 Å². The van der Waals surface area contributed by atoms with Crippen molar-refractivity contribution in [3.63, 3.8) is 0 Å². The summed E-state index contributed by atoms with van der Waals surface area (Å²) in [4.78, 5) is 21.8. The minimum Gasteiger partial charge on any atom is -0.466 e. The zero-order valence-corrected chi connectivity index (χ0v) is 8.47. The summed E-state index contributed by atoms with van der Waals surface area (Å²) in [5, 5.41) is -0.945. The summed E-state index contributed by atoms with van der Waals surface area (Å²) in [5.74, 6) is -1.08. The van der Waals surface area contributed by atoms with Crippen molar-refractivity contribution in [1.82, 2.24) is 0 Å². The second kappa shape index (κ2) is 6.71. The highest BCUT2D eigenvalue weighted by Crippen LogP contribution is 2.05. The molecule has 0 bridgehead atoms. The molecule has 0 amide bonds. The molecular formula is C8H13ClO4. The molecule has 76 valence electrons. The number of carbonyl (C=O) groups excluding carboxylic acids is 2. The van der Waals surface area contributed by atoms with Crippen molar-refractivity contribution in [3.8, 4) is 0 Å². The van der Waals surface area contributed by atoms with Crippen LogP contribution in [0.25, 0.3) is 0 Å². The molecule has 5 heteroatoms. The van der Waals surface area contributed by atoms with Crippen molar-refractivity contribution in [2.45, 2.75) is 25.6 Å². The quantitative estimate of drug-likeness (QED) is 0.502. The smallest absolute Gasteiger partial charge is 0.324 e. The van der Waals surface area contributed by atoms with Crippen LogP contribution in [0.3, 0.4) is 0 Å². The molecule has 0 aliphatic carbocycles. The van der Waals surface area contributed by atoms with Gasteiger partial charge in [-0.05, 0) is 13.8 Å². The Morgan fingerprint density at radius 1 is 1.23 bits per heavy atom. The highest BCUT2D eigenvalue weighted by molar-refractivity contribution is 6.30. The van der Waals surface area contributed by atoms with Crippen molar-refractivity contribution in [1.29, 1.82) is 0 Å². The number of esters is 2. The molecule has 0 saturated carbocycles. The van der Waals surface area contributed by atoms with Gasteiger partial charge in [-0.3, -0.25) is 9.59 Å². The number of halogens is 1. The molecule has 0 aliphatic heterocycles. The number of hydrogen-bond donors (Lipinski definition) is 0. The van der Waals surface area contributed by atoms with Gasteiger partial charge in [-0.25, -0.2) is 0 Å². The fraction of sp³-hybridized carbons (Fsp3) is 0.750. The van der Waals surface area contributed by atoms with E-state index in [1.54, 1.807) is 13.8 Å². The molecule has 0 rings (SSSR count). The zero-order chi connectivity index (χ0) is 10.3. The third kappa shape index (κ3) is 5.47. The zero-order valence-electron chi connectivity index (χ0n) is 7.71. The molecule has 0 N–H and O–H groups in total. The van der Waals surface area contributed by atoms with E-state index in [1.165, 1.54) is 0 Å². The van der Waals surface area contributed by atoms with Crippen molar-refractivity contribution in [3.05, 3.63) is 0 Å². The van der Waals surface area contributed by atoms with Gasteiger partial charge in [0.15, 0.2) is 0 Å². The van der Waals surface area contributed by atoms with Gasteiger partial charge < -0.3 is 9.47 Å². The lowest BCUT2D eigenvalue weighted by atomic mass is 10.3. The maximum atomic E-state index is 10.9. The van der Waals surface area contributed by atoms with E-state index in [0.29, 0.717) is 0 Å². The third-order valence-corrected chi connectivity index (χ3v) is 1.53. The molecular weight excluding hydrogens is 196 g/mol. The normalized spacial score (nSPS) is 11.9. The van der Waals surface area contributed by atoms with Gasteiger partial charge in [-0.2, -0.15) is 0 Å². The molecule has 0 radical (unpaired) electrons. The van der Waals surface area contributed by atoms with E-state index in [4.69, 9.17) is 11.6 Å². The molecule has 0 aromatic carbocycles. The molecule has 0 aliphatic rings. The first-order valence-corrected chi connectivity index (χ1v) is 4.51. The third-order valence-electron chi connectivity index (χ3n) is 1.19. The van der Waals surface area contributed by atoms with Crippen LogP contribution in [0, 0.1) is 0 Å². The summed E-state index contributed by atoms with van der Waals surface area (Å²) >= 11 is 5.57. The van der Waals surface area contributed by atoms with Crippen LogP contribution in [0.5, 0.6) is 0 Å². The first kappa shape index (κ1) is 12.2. The number of alkyl halides is 1. The lowest BCUT2D eigenvalue weighted by Crippen LogP contribution is -2.22. The Morgan fingerprint density at radius 2 is 1.77 bits per heavy atom. The van der Waals surface area contributed by atoms with Crippen LogP contribution in [-0.2, 0) is 19.1 Å². The lowest BCUT2D eigenvalue weighted by molar-refractivity contribution is -0.149. The molecule has 4 nitrogen and oxygen atoms in total. The van der Waals surface area contributed by atoms with Gasteiger partial charge in [0.1, 0.15) is 5.38 Å². The van der Waals surface area contributed by atoms with E-state index in [0.717, 1.165) is 0 Å². The lowest BCUT2D eigenvalue weighted by Gasteiger charge is -2.07. The van der Waals surface area contributed by atoms with Crippen LogP contribution in [0.1, 0.15) is 20.3 Å². The van der Waals surface area contributed by atoms with Crippen LogP contribution < -0.4 is 0 Å². The molecule has 0 spiro atoms. The maximum Gasteiger partial charge on any atom is 0.324 e. The summed E-state index contributed by atoms with van der Waals surface area (Å²) in [7, 11) is 0. The predicted octanol–water partition coefficient (Wildman–Crippen LogP) is 1.11. The van der Waals surface area contributed by atoms with Gasteiger partial charge in [0, 0.05) is 0 Å². The Morgan fingerprint density at radius 3 is 2.23 bits per heavy atom. The van der Waals surface area contributed by atoms with Gasteiger partial charge in [-0.15, -0.1) is 11.6 Å². The van der Waals surface area contributed by atoms with Crippen LogP contribution >= 0.6 is 11.6 Å². The molecule has 1 atom stereocenters. The predicted molar refractivity (Wildman–Crippen MR) is 47.5 cm³/mol. The van der Waals surface area contributed by atoms with Crippen molar-refractivity contribution in [2.24, 2.45) is 0 Å². The monoisotopic (exact) mass is 208 g/mol. The van der Waals surface area contributed by atoms with E-state index >= 15 is 0 Å². The first-order valence-electron chi connectivity index (χ1n) is 4.08. The van der Waals surface area contributed by atoms with E-state index in [-0.39, 0.29) is 19.6 Å². The Kier molecular flexibility index (Phi) is 6.32. The van der Waals surface area contributed by atoms with Gasteiger partial charge in [-0.1, -0.05) is 0 Å². The molecule has 0 fully saturated rings. The van der Waals surface area contributed by atoms with Crippen molar-refractivity contribution >= 4 is 23.5 Å². The minimum atomic E-state index is -0.945. The largest absolute Gasteiger partial charge is 0.466 e. The molecule has 0 aromatic rings. The number of carbonyl (C=O) groups is 2. The fourth-order valence-electron chi connectivity index (χ4n) is 0.682. The second-order valence-electron chi connectivity index (χ2n) is 2.23. The summed E-state index contributed by atoms with van der Waals surface area (Å²) in [6.07, 6.45) is -0.145. The summed E-state index contributed by atoms with van der Waals surface area (Å²) < 4.78 is 9.21. The van der Waals surface area contributed by atoms with Crippen molar-refractivity contribution < 1.29 is 19.1 Å². The van der Waals surface area contributed by atoms with Crippen molar-refractivity contribution in [2.75, 3.05) is 13.2 Å². The summed E-state index contributed by atoms with van der Waals surface area (Å²) in [5.41, 5.74) is 0. The standard InChI is InChI=1S/C8H13ClO4/c1-3-12-7(10)5-6(9)8(11)13-4-2/h6H,3-5H2,1-2H3. The molecule has 0 saturated heterocycles. The number of rotatable bonds is 5. The van der Waals surface area contributed by atoms with Gasteiger partial charge in [0.05, 0.1) is 19.6 Å². The average Bonchev–Trinajstić information content (AvgIpc) is 2.05. The van der Waals surface area contributed by atoms with Gasteiger partial charge in [0.2, 0.25) is 0 Å². The van der Waals surface area contributed by atoms with E-state index in [1.807, 2.05) is 0 Å². The summed E-state index contributed by atoms with van der Waals surface area (Å²) in [6, 6.07) is 0. The Bertz CT molecular complexity index is 181. The fourth-order valence-corrected chi connectivity index (χ4v) is 0.871. The molecule has 13 heavy (non-hydrogen) atoms. The van der Waals surface area contributed by atoms with E-state index < -0.39 is 17.3 Å². The second-order valence-corrected chi connectivity index (χ2v) is 2.76. The van der Waals surface area contributed by atoms with Gasteiger partial charge in [0.25, 0.3) is 0 Å². The van der Waals surface area contributed by atoms with E-state index in [2.05, 4.69) is 9.47 Å². The Hall–Kier alpha value is -0.770. The highest BCUT2D eigenvalue weighted by atomic mass is 35.5. The van der Waals surface area contributed by atoms with Crippen LogP contribution in [0.4, 0.5) is 0 Å². The highest BCUT2D eigenvalue weighted by Gasteiger charge is 2.20. The topological polar surface area (TPSA) is 52.6 Å². The summed E-state index contributed by atoms with van der Waals surface area (Å²) in [6.45, 7) is 3.90. The number of hydrogen-bond acceptors (Lipinski definition) is 4. The van der Waals surface area contributed by atoms with E-state index in [9.17, 15) is 9.59 Å². The van der Waals surface area contributed by atoms with Gasteiger partial charge >= 0.3 is 11.9 Å². The molecule has 1 unspecified atom stereocenters. The average molecular weight is 209 g/mol. The Labute approximate surface area is 82.1 Å². The maximum absolute atomic E-state index is 10.9. The molecule has 0 aromatic heterocycles. The first-order chi connectivity index (χ1) is 6.11.